The molecule has 0 bridgehead atoms. The van der Waals surface area contributed by atoms with Crippen LogP contribution in [0.1, 0.15) is 18.5 Å². The number of hydrogen-bond donors (Lipinski definition) is 2. The number of benzene rings is 1. The molecule has 2 atom stereocenters. The zero-order chi connectivity index (χ0) is 14.6. The predicted octanol–water partition coefficient (Wildman–Crippen LogP) is 1.06. The zero-order valence-electron chi connectivity index (χ0n) is 11.2. The lowest BCUT2D eigenvalue weighted by atomic mass is 10.0. The van der Waals surface area contributed by atoms with E-state index in [2.05, 4.69) is 5.32 Å². The fourth-order valence-electron chi connectivity index (χ4n) is 1.72. The molecule has 0 radical (unpaired) electrons. The van der Waals surface area contributed by atoms with Gasteiger partial charge in [0.25, 0.3) is 0 Å². The molecule has 1 rings (SSSR count). The minimum absolute atomic E-state index is 0.00852. The minimum Gasteiger partial charge on any atom is -0.384 e. The second-order valence-electron chi connectivity index (χ2n) is 4.54. The monoisotopic (exact) mass is 272 g/mol. The van der Waals surface area contributed by atoms with E-state index < -0.39 is 29.7 Å². The highest BCUT2D eigenvalue weighted by Crippen LogP contribution is 2.23. The van der Waals surface area contributed by atoms with E-state index in [1.807, 2.05) is 0 Å². The summed E-state index contributed by atoms with van der Waals surface area (Å²) in [6.07, 6.45) is -1.16. The fourth-order valence-corrected chi connectivity index (χ4v) is 1.72. The molecule has 1 amide bonds. The molecule has 2 N–H and O–H groups in total. The van der Waals surface area contributed by atoms with Crippen LogP contribution in [0.3, 0.4) is 0 Å². The van der Waals surface area contributed by atoms with E-state index >= 15 is 0 Å². The average Bonchev–Trinajstić information content (AvgIpc) is 2.31. The Morgan fingerprint density at radius 3 is 2.32 bits per heavy atom. The van der Waals surface area contributed by atoms with Crippen molar-refractivity contribution in [1.29, 1.82) is 0 Å². The Kier molecular flexibility index (Phi) is 5.38. The molecule has 0 aromatic heterocycles. The van der Waals surface area contributed by atoms with Crippen LogP contribution in [0.15, 0.2) is 18.2 Å². The van der Waals surface area contributed by atoms with Crippen LogP contribution in [0.2, 0.25) is 0 Å². The number of likely N-dealkylation sites (N-methyl/N-ethyl adjacent to an activating group) is 1. The number of aliphatic hydroxyl groups is 1. The molecule has 0 heterocycles. The first-order valence-electron chi connectivity index (χ1n) is 5.90. The van der Waals surface area contributed by atoms with Gasteiger partial charge in [0.1, 0.15) is 17.7 Å². The van der Waals surface area contributed by atoms with Crippen molar-refractivity contribution in [3.05, 3.63) is 35.4 Å². The highest BCUT2D eigenvalue weighted by atomic mass is 19.1. The molecule has 0 saturated carbocycles. The molecule has 106 valence electrons. The lowest BCUT2D eigenvalue weighted by Crippen LogP contribution is -2.39. The second-order valence-corrected chi connectivity index (χ2v) is 4.54. The van der Waals surface area contributed by atoms with E-state index in [9.17, 15) is 13.6 Å². The number of nitrogens with zero attached hydrogens (tertiary/aromatic N) is 1. The van der Waals surface area contributed by atoms with E-state index in [1.54, 1.807) is 19.0 Å². The lowest BCUT2D eigenvalue weighted by Gasteiger charge is -2.26. The highest BCUT2D eigenvalue weighted by molar-refractivity contribution is 5.80. The molecule has 19 heavy (non-hydrogen) atoms. The molecule has 1 aromatic carbocycles. The van der Waals surface area contributed by atoms with Gasteiger partial charge in [-0.1, -0.05) is 6.07 Å². The van der Waals surface area contributed by atoms with E-state index in [0.29, 0.717) is 0 Å². The summed E-state index contributed by atoms with van der Waals surface area (Å²) in [6, 6.07) is 2.98. The first kappa shape index (κ1) is 15.5. The van der Waals surface area contributed by atoms with Crippen LogP contribution >= 0.6 is 0 Å². The van der Waals surface area contributed by atoms with Gasteiger partial charge >= 0.3 is 0 Å². The first-order valence-corrected chi connectivity index (χ1v) is 5.90. The van der Waals surface area contributed by atoms with Gasteiger partial charge in [-0.25, -0.2) is 8.78 Å². The quantitative estimate of drug-likeness (QED) is 0.843. The van der Waals surface area contributed by atoms with Crippen molar-refractivity contribution < 1.29 is 18.7 Å². The second kappa shape index (κ2) is 6.58. The van der Waals surface area contributed by atoms with Crippen LogP contribution in [0, 0.1) is 11.6 Å². The summed E-state index contributed by atoms with van der Waals surface area (Å²) in [6.45, 7) is 1.33. The van der Waals surface area contributed by atoms with Crippen LogP contribution < -0.4 is 5.32 Å². The number of carbonyl (C=O) groups is 1. The normalized spacial score (nSPS) is 14.3. The minimum atomic E-state index is -1.16. The van der Waals surface area contributed by atoms with Gasteiger partial charge in [0.2, 0.25) is 5.91 Å². The molecule has 0 saturated heterocycles. The first-order chi connectivity index (χ1) is 8.84. The molecule has 4 nitrogen and oxygen atoms in total. The highest BCUT2D eigenvalue weighted by Gasteiger charge is 2.23. The Hall–Kier alpha value is -1.53. The molecule has 0 fully saturated rings. The molecular formula is C13H18F2N2O2. The van der Waals surface area contributed by atoms with Gasteiger partial charge in [-0.05, 0) is 33.2 Å². The third kappa shape index (κ3) is 3.97. The molecule has 2 unspecified atom stereocenters. The number of rotatable bonds is 5. The van der Waals surface area contributed by atoms with Crippen LogP contribution in [0.5, 0.6) is 0 Å². The standard InChI is InChI=1S/C13H18F2N2O2/c1-8(18)13(19)16-7-11(17(2)3)12-9(14)5-4-6-10(12)15/h4-6,8,11,18H,7H2,1-3H3,(H,16,19). The predicted molar refractivity (Wildman–Crippen MR) is 67.5 cm³/mol. The zero-order valence-corrected chi connectivity index (χ0v) is 11.2. The molecule has 0 aliphatic rings. The number of carbonyl (C=O) groups excluding carboxylic acids is 1. The molecule has 6 heteroatoms. The van der Waals surface area contributed by atoms with Crippen molar-refractivity contribution in [3.8, 4) is 0 Å². The number of nitrogens with one attached hydrogen (secondary N) is 1. The summed E-state index contributed by atoms with van der Waals surface area (Å²) < 4.78 is 27.4. The maximum absolute atomic E-state index is 13.7. The molecule has 1 aromatic rings. The van der Waals surface area contributed by atoms with Crippen molar-refractivity contribution in [1.82, 2.24) is 10.2 Å². The van der Waals surface area contributed by atoms with Crippen LogP contribution in [-0.4, -0.2) is 42.7 Å². The van der Waals surface area contributed by atoms with E-state index in [1.165, 1.54) is 25.1 Å². The SMILES string of the molecule is CC(O)C(=O)NCC(c1c(F)cccc1F)N(C)C. The summed E-state index contributed by atoms with van der Waals surface area (Å²) in [4.78, 5) is 12.9. The van der Waals surface area contributed by atoms with Gasteiger partial charge in [0.05, 0.1) is 6.04 Å². The summed E-state index contributed by atoms with van der Waals surface area (Å²) >= 11 is 0. The molecule has 0 aliphatic carbocycles. The molecule has 0 aliphatic heterocycles. The smallest absolute Gasteiger partial charge is 0.248 e. The van der Waals surface area contributed by atoms with Crippen molar-refractivity contribution in [2.75, 3.05) is 20.6 Å². The van der Waals surface area contributed by atoms with Crippen molar-refractivity contribution in [3.63, 3.8) is 0 Å². The van der Waals surface area contributed by atoms with Gasteiger partial charge in [0, 0.05) is 12.1 Å². The molecule has 0 spiro atoms. The van der Waals surface area contributed by atoms with Crippen LogP contribution in [0.25, 0.3) is 0 Å². The Morgan fingerprint density at radius 1 is 1.37 bits per heavy atom. The number of aliphatic hydroxyl groups excluding tert-OH is 1. The Balaban J connectivity index is 2.92. The largest absolute Gasteiger partial charge is 0.384 e. The summed E-state index contributed by atoms with van der Waals surface area (Å²) in [5.74, 6) is -1.90. The van der Waals surface area contributed by atoms with E-state index in [0.717, 1.165) is 0 Å². The third-order valence-corrected chi connectivity index (χ3v) is 2.81. The van der Waals surface area contributed by atoms with E-state index in [-0.39, 0.29) is 12.1 Å². The van der Waals surface area contributed by atoms with Gasteiger partial charge in [-0.2, -0.15) is 0 Å². The summed E-state index contributed by atoms with van der Waals surface area (Å²) in [5, 5.41) is 11.5. The van der Waals surface area contributed by atoms with Crippen molar-refractivity contribution in [2.24, 2.45) is 0 Å². The van der Waals surface area contributed by atoms with Gasteiger partial charge in [-0.15, -0.1) is 0 Å². The molecular weight excluding hydrogens is 254 g/mol. The van der Waals surface area contributed by atoms with Gasteiger partial charge in [0.15, 0.2) is 0 Å². The third-order valence-electron chi connectivity index (χ3n) is 2.81. The van der Waals surface area contributed by atoms with E-state index in [4.69, 9.17) is 5.11 Å². The Labute approximate surface area is 111 Å². The van der Waals surface area contributed by atoms with Gasteiger partial charge in [-0.3, -0.25) is 4.79 Å². The Bertz CT molecular complexity index is 430. The topological polar surface area (TPSA) is 52.6 Å². The Morgan fingerprint density at radius 2 is 1.89 bits per heavy atom. The van der Waals surface area contributed by atoms with Crippen molar-refractivity contribution in [2.45, 2.75) is 19.1 Å². The fraction of sp³-hybridized carbons (Fsp3) is 0.462. The van der Waals surface area contributed by atoms with Crippen molar-refractivity contribution >= 4 is 5.91 Å². The maximum atomic E-state index is 13.7. The lowest BCUT2D eigenvalue weighted by molar-refractivity contribution is -0.128. The summed E-state index contributed by atoms with van der Waals surface area (Å²) in [5.41, 5.74) is -0.0987. The number of halogens is 2. The summed E-state index contributed by atoms with van der Waals surface area (Å²) in [7, 11) is 3.32. The average molecular weight is 272 g/mol. The van der Waals surface area contributed by atoms with Crippen LogP contribution in [-0.2, 0) is 4.79 Å². The maximum Gasteiger partial charge on any atom is 0.248 e. The number of amides is 1. The van der Waals surface area contributed by atoms with Gasteiger partial charge < -0.3 is 15.3 Å². The number of hydrogen-bond acceptors (Lipinski definition) is 3. The van der Waals surface area contributed by atoms with Crippen LogP contribution in [0.4, 0.5) is 8.78 Å².